The number of aromatic nitrogens is 3. The minimum absolute atomic E-state index is 0.398. The molecular weight excluding hydrogens is 388 g/mol. The summed E-state index contributed by atoms with van der Waals surface area (Å²) in [6, 6.07) is 11.9. The maximum absolute atomic E-state index is 11.8. The van der Waals surface area contributed by atoms with Crippen LogP contribution < -0.4 is 0 Å². The molecule has 0 aliphatic carbocycles. The minimum Gasteiger partial charge on any atom is -0.465 e. The maximum Gasteiger partial charge on any atom is 0.341 e. The highest BCUT2D eigenvalue weighted by atomic mass is 32.1. The van der Waals surface area contributed by atoms with Gasteiger partial charge in [0, 0.05) is 5.39 Å². The minimum atomic E-state index is -0.398. The van der Waals surface area contributed by atoms with E-state index < -0.39 is 5.97 Å². The molecule has 0 radical (unpaired) electrons. The number of methoxy groups -OCH3 is 1. The molecule has 4 aromatic rings. The van der Waals surface area contributed by atoms with Crippen molar-refractivity contribution >= 4 is 34.7 Å². The molecule has 0 unspecified atom stereocenters. The number of para-hydroxylation sites is 1. The summed E-state index contributed by atoms with van der Waals surface area (Å²) in [4.78, 5) is 13.8. The molecule has 150 valence electrons. The zero-order chi connectivity index (χ0) is 20.7. The first kappa shape index (κ1) is 19.4. The van der Waals surface area contributed by atoms with Crippen molar-refractivity contribution < 1.29 is 13.9 Å². The monoisotopic (exact) mass is 410 g/mol. The molecule has 0 saturated carbocycles. The van der Waals surface area contributed by atoms with Crippen LogP contribution in [0.15, 0.2) is 40.8 Å². The summed E-state index contributed by atoms with van der Waals surface area (Å²) in [5.74, 6) is 0.832. The molecule has 0 spiro atoms. The van der Waals surface area contributed by atoms with Crippen molar-refractivity contribution in [2.75, 3.05) is 14.2 Å². The van der Waals surface area contributed by atoms with Crippen LogP contribution in [0.2, 0.25) is 0 Å². The first-order chi connectivity index (χ1) is 13.9. The van der Waals surface area contributed by atoms with Gasteiger partial charge in [-0.1, -0.05) is 18.2 Å². The Kier molecular flexibility index (Phi) is 4.97. The van der Waals surface area contributed by atoms with Gasteiger partial charge in [-0.2, -0.15) is 5.10 Å². The van der Waals surface area contributed by atoms with Crippen molar-refractivity contribution in [3.8, 4) is 0 Å². The second kappa shape index (κ2) is 7.46. The number of rotatable bonds is 5. The van der Waals surface area contributed by atoms with E-state index in [1.54, 1.807) is 17.7 Å². The van der Waals surface area contributed by atoms with Gasteiger partial charge in [0.05, 0.1) is 25.8 Å². The standard InChI is InChI=1S/C21H22N4O3S/c1-13-9-19-22-24(21(29)25(19)18-8-6-5-7-16(13)18)12-23(3)11-15-10-17(14(2)28-15)20(26)27-4/h5-10H,11-12H2,1-4H3. The van der Waals surface area contributed by atoms with Crippen LogP contribution in [0.5, 0.6) is 0 Å². The molecule has 8 heteroatoms. The van der Waals surface area contributed by atoms with E-state index in [9.17, 15) is 4.79 Å². The summed E-state index contributed by atoms with van der Waals surface area (Å²) < 4.78 is 14.9. The summed E-state index contributed by atoms with van der Waals surface area (Å²) in [5.41, 5.74) is 3.48. The zero-order valence-corrected chi connectivity index (χ0v) is 17.6. The van der Waals surface area contributed by atoms with E-state index in [2.05, 4.69) is 19.1 Å². The van der Waals surface area contributed by atoms with Crippen LogP contribution in [-0.2, 0) is 18.0 Å². The highest BCUT2D eigenvalue weighted by Crippen LogP contribution is 2.22. The number of aryl methyl sites for hydroxylation is 2. The van der Waals surface area contributed by atoms with Gasteiger partial charge in [-0.15, -0.1) is 0 Å². The van der Waals surface area contributed by atoms with Gasteiger partial charge in [-0.05, 0) is 56.9 Å². The number of carbonyl (C=O) groups is 1. The van der Waals surface area contributed by atoms with E-state index in [0.717, 1.165) is 22.1 Å². The Labute approximate surface area is 173 Å². The van der Waals surface area contributed by atoms with E-state index >= 15 is 0 Å². The molecule has 3 aromatic heterocycles. The van der Waals surface area contributed by atoms with Gasteiger partial charge in [0.25, 0.3) is 0 Å². The molecule has 3 heterocycles. The van der Waals surface area contributed by atoms with Crippen molar-refractivity contribution in [2.24, 2.45) is 0 Å². The Hall–Kier alpha value is -2.97. The fraction of sp³-hybridized carbons (Fsp3) is 0.286. The lowest BCUT2D eigenvalue weighted by Gasteiger charge is -2.14. The Balaban J connectivity index is 1.63. The first-order valence-electron chi connectivity index (χ1n) is 9.23. The van der Waals surface area contributed by atoms with Crippen molar-refractivity contribution in [2.45, 2.75) is 27.1 Å². The molecule has 1 aromatic carbocycles. The third kappa shape index (κ3) is 3.45. The molecule has 0 bridgehead atoms. The number of fused-ring (bicyclic) bond motifs is 3. The number of nitrogens with zero attached hydrogens (tertiary/aromatic N) is 4. The highest BCUT2D eigenvalue weighted by molar-refractivity contribution is 7.71. The van der Waals surface area contributed by atoms with E-state index in [0.29, 0.717) is 35.1 Å². The molecule has 0 atom stereocenters. The summed E-state index contributed by atoms with van der Waals surface area (Å²) in [5, 5.41) is 5.86. The quantitative estimate of drug-likeness (QED) is 0.365. The molecule has 0 N–H and O–H groups in total. The molecule has 29 heavy (non-hydrogen) atoms. The lowest BCUT2D eigenvalue weighted by Crippen LogP contribution is -2.22. The zero-order valence-electron chi connectivity index (χ0n) is 16.8. The fourth-order valence-corrected chi connectivity index (χ4v) is 3.88. The Morgan fingerprint density at radius 1 is 1.28 bits per heavy atom. The van der Waals surface area contributed by atoms with Gasteiger partial charge in [-0.25, -0.2) is 9.48 Å². The van der Waals surface area contributed by atoms with Gasteiger partial charge in [0.1, 0.15) is 17.1 Å². The van der Waals surface area contributed by atoms with E-state index in [1.165, 1.54) is 7.11 Å². The third-order valence-corrected chi connectivity index (χ3v) is 5.35. The van der Waals surface area contributed by atoms with Crippen molar-refractivity contribution in [3.05, 3.63) is 63.8 Å². The van der Waals surface area contributed by atoms with Crippen LogP contribution in [0.4, 0.5) is 0 Å². The topological polar surface area (TPSA) is 64.9 Å². The Bertz CT molecular complexity index is 1280. The van der Waals surface area contributed by atoms with Crippen LogP contribution in [0.3, 0.4) is 0 Å². The van der Waals surface area contributed by atoms with Gasteiger partial charge in [0.2, 0.25) is 4.77 Å². The number of benzene rings is 1. The van der Waals surface area contributed by atoms with Gasteiger partial charge in [-0.3, -0.25) is 9.30 Å². The average molecular weight is 410 g/mol. The van der Waals surface area contributed by atoms with Crippen molar-refractivity contribution in [1.82, 2.24) is 19.1 Å². The molecule has 4 rings (SSSR count). The number of esters is 1. The molecular formula is C21H22N4O3S. The molecule has 0 amide bonds. The number of hydrogen-bond donors (Lipinski definition) is 0. The van der Waals surface area contributed by atoms with Crippen LogP contribution >= 0.6 is 12.2 Å². The van der Waals surface area contributed by atoms with E-state index in [1.807, 2.05) is 34.5 Å². The second-order valence-electron chi connectivity index (χ2n) is 7.15. The lowest BCUT2D eigenvalue weighted by atomic mass is 10.1. The molecule has 7 nitrogen and oxygen atoms in total. The van der Waals surface area contributed by atoms with Crippen molar-refractivity contribution in [3.63, 3.8) is 0 Å². The maximum atomic E-state index is 11.8. The highest BCUT2D eigenvalue weighted by Gasteiger charge is 2.17. The van der Waals surface area contributed by atoms with Crippen LogP contribution in [0, 0.1) is 18.6 Å². The van der Waals surface area contributed by atoms with Crippen molar-refractivity contribution in [1.29, 1.82) is 0 Å². The fourth-order valence-electron chi connectivity index (χ4n) is 3.59. The number of pyridine rings is 1. The summed E-state index contributed by atoms with van der Waals surface area (Å²) >= 11 is 5.71. The molecule has 0 aliphatic heterocycles. The number of furan rings is 1. The average Bonchev–Trinajstić information content (AvgIpc) is 3.20. The Morgan fingerprint density at radius 3 is 2.79 bits per heavy atom. The van der Waals surface area contributed by atoms with Gasteiger partial charge < -0.3 is 9.15 Å². The summed E-state index contributed by atoms with van der Waals surface area (Å²) in [7, 11) is 3.31. The van der Waals surface area contributed by atoms with E-state index in [-0.39, 0.29) is 0 Å². The predicted octanol–water partition coefficient (Wildman–Crippen LogP) is 4.10. The first-order valence-corrected chi connectivity index (χ1v) is 9.64. The normalized spacial score (nSPS) is 11.6. The number of carbonyl (C=O) groups excluding carboxylic acids is 1. The smallest absolute Gasteiger partial charge is 0.341 e. The number of ether oxygens (including phenoxy) is 1. The Morgan fingerprint density at radius 2 is 2.03 bits per heavy atom. The predicted molar refractivity (Wildman–Crippen MR) is 113 cm³/mol. The second-order valence-corrected chi connectivity index (χ2v) is 7.52. The summed E-state index contributed by atoms with van der Waals surface area (Å²) in [6.07, 6.45) is 0. The molecule has 0 aliphatic rings. The van der Waals surface area contributed by atoms with E-state index in [4.69, 9.17) is 26.5 Å². The lowest BCUT2D eigenvalue weighted by molar-refractivity contribution is 0.0599. The van der Waals surface area contributed by atoms with Gasteiger partial charge in [0.15, 0.2) is 5.65 Å². The molecule has 0 fully saturated rings. The summed E-state index contributed by atoms with van der Waals surface area (Å²) in [6.45, 7) is 4.82. The largest absolute Gasteiger partial charge is 0.465 e. The number of hydrogen-bond acceptors (Lipinski definition) is 6. The van der Waals surface area contributed by atoms with Crippen LogP contribution in [-0.4, -0.2) is 39.2 Å². The third-order valence-electron chi connectivity index (χ3n) is 4.96. The van der Waals surface area contributed by atoms with Crippen LogP contribution in [0.25, 0.3) is 16.6 Å². The SMILES string of the molecule is COC(=O)c1cc(CN(C)Cn2nc3cc(C)c4ccccc4n3c2=S)oc1C. The van der Waals surface area contributed by atoms with Gasteiger partial charge >= 0.3 is 5.97 Å². The molecule has 0 saturated heterocycles. The van der Waals surface area contributed by atoms with Crippen LogP contribution in [0.1, 0.15) is 27.4 Å².